The molecule has 7 nitrogen and oxygen atoms in total. The normalized spacial score (nSPS) is 19.3. The molecule has 1 fully saturated rings. The van der Waals surface area contributed by atoms with Crippen LogP contribution in [0, 0.1) is 11.3 Å². The summed E-state index contributed by atoms with van der Waals surface area (Å²) >= 11 is 0. The van der Waals surface area contributed by atoms with Crippen LogP contribution in [0.15, 0.2) is 42.5 Å². The third-order valence-electron chi connectivity index (χ3n) is 5.67. The van der Waals surface area contributed by atoms with E-state index in [1.54, 1.807) is 0 Å². The molecule has 0 unspecified atom stereocenters. The molecule has 2 aliphatic heterocycles. The van der Waals surface area contributed by atoms with Gasteiger partial charge in [-0.1, -0.05) is 36.4 Å². The Hall–Kier alpha value is -3.21. The van der Waals surface area contributed by atoms with E-state index in [1.165, 1.54) is 0 Å². The van der Waals surface area contributed by atoms with E-state index in [9.17, 15) is 14.9 Å². The molecule has 2 aromatic carbocycles. The number of hydrogen-bond acceptors (Lipinski definition) is 5. The molecule has 0 aromatic heterocycles. The molecular weight excluding hydrogens is 392 g/mol. The number of nitrogens with one attached hydrogen (secondary N) is 3. The summed E-state index contributed by atoms with van der Waals surface area (Å²) in [6.07, 6.45) is 1.56. The molecule has 2 aliphatic rings. The van der Waals surface area contributed by atoms with Gasteiger partial charge in [0.2, 0.25) is 0 Å². The SMILES string of the molecule is N#C[C@H](Cc1ccc(-c2ccc3c(c2)CCNC3=O)cc1)NC(=O)[C@@H]1CNCCCO1. The average Bonchev–Trinajstić information content (AvgIpc) is 3.09. The Balaban J connectivity index is 1.40. The Labute approximate surface area is 181 Å². The van der Waals surface area contributed by atoms with E-state index in [2.05, 4.69) is 28.1 Å². The van der Waals surface area contributed by atoms with Gasteiger partial charge in [0.25, 0.3) is 11.8 Å². The van der Waals surface area contributed by atoms with Gasteiger partial charge >= 0.3 is 0 Å². The fraction of sp³-hybridized carbons (Fsp3) is 0.375. The minimum absolute atomic E-state index is 0.0160. The molecule has 0 aliphatic carbocycles. The summed E-state index contributed by atoms with van der Waals surface area (Å²) in [5.41, 5.74) is 4.88. The summed E-state index contributed by atoms with van der Waals surface area (Å²) in [6.45, 7) is 2.49. The summed E-state index contributed by atoms with van der Waals surface area (Å²) in [5, 5.41) is 18.3. The molecule has 160 valence electrons. The van der Waals surface area contributed by atoms with Gasteiger partial charge in [0, 0.05) is 31.7 Å². The molecule has 2 atom stereocenters. The quantitative estimate of drug-likeness (QED) is 0.684. The maximum Gasteiger partial charge on any atom is 0.251 e. The minimum Gasteiger partial charge on any atom is -0.367 e. The Morgan fingerprint density at radius 1 is 1.19 bits per heavy atom. The topological polar surface area (TPSA) is 103 Å². The molecule has 7 heteroatoms. The zero-order valence-electron chi connectivity index (χ0n) is 17.3. The second kappa shape index (κ2) is 9.73. The Morgan fingerprint density at radius 2 is 2.00 bits per heavy atom. The van der Waals surface area contributed by atoms with Crippen molar-refractivity contribution in [1.29, 1.82) is 5.26 Å². The predicted octanol–water partition coefficient (Wildman–Crippen LogP) is 1.57. The maximum absolute atomic E-state index is 12.4. The minimum atomic E-state index is -0.618. The van der Waals surface area contributed by atoms with E-state index >= 15 is 0 Å². The first-order chi connectivity index (χ1) is 15.1. The molecule has 2 aromatic rings. The van der Waals surface area contributed by atoms with Gasteiger partial charge in [0.1, 0.15) is 12.1 Å². The number of nitriles is 1. The largest absolute Gasteiger partial charge is 0.367 e. The molecule has 3 N–H and O–H groups in total. The first-order valence-corrected chi connectivity index (χ1v) is 10.7. The number of carbonyl (C=O) groups is 2. The van der Waals surface area contributed by atoms with Gasteiger partial charge in [-0.2, -0.15) is 5.26 Å². The van der Waals surface area contributed by atoms with Crippen LogP contribution in [0.2, 0.25) is 0 Å². The number of ether oxygens (including phenoxy) is 1. The summed E-state index contributed by atoms with van der Waals surface area (Å²) in [4.78, 5) is 24.4. The van der Waals surface area contributed by atoms with Gasteiger partial charge < -0.3 is 20.7 Å². The highest BCUT2D eigenvalue weighted by atomic mass is 16.5. The summed E-state index contributed by atoms with van der Waals surface area (Å²) < 4.78 is 5.56. The van der Waals surface area contributed by atoms with Crippen LogP contribution in [0.25, 0.3) is 11.1 Å². The van der Waals surface area contributed by atoms with Gasteiger partial charge in [0.05, 0.1) is 6.07 Å². The van der Waals surface area contributed by atoms with E-state index in [0.717, 1.165) is 47.2 Å². The highest BCUT2D eigenvalue weighted by molar-refractivity contribution is 5.97. The zero-order chi connectivity index (χ0) is 21.6. The monoisotopic (exact) mass is 418 g/mol. The molecule has 0 spiro atoms. The van der Waals surface area contributed by atoms with E-state index in [-0.39, 0.29) is 11.8 Å². The van der Waals surface area contributed by atoms with Crippen molar-refractivity contribution in [2.24, 2.45) is 0 Å². The van der Waals surface area contributed by atoms with Crippen LogP contribution >= 0.6 is 0 Å². The van der Waals surface area contributed by atoms with Crippen molar-refractivity contribution in [3.8, 4) is 17.2 Å². The molecule has 0 saturated carbocycles. The summed E-state index contributed by atoms with van der Waals surface area (Å²) in [5.74, 6) is -0.270. The molecule has 0 bridgehead atoms. The van der Waals surface area contributed by atoms with Gasteiger partial charge in [-0.25, -0.2) is 0 Å². The lowest BCUT2D eigenvalue weighted by atomic mass is 9.94. The van der Waals surface area contributed by atoms with Crippen LogP contribution in [0.5, 0.6) is 0 Å². The maximum atomic E-state index is 12.4. The van der Waals surface area contributed by atoms with Gasteiger partial charge in [-0.15, -0.1) is 0 Å². The average molecular weight is 418 g/mol. The summed E-state index contributed by atoms with van der Waals surface area (Å²) in [7, 11) is 0. The van der Waals surface area contributed by atoms with Crippen LogP contribution in [-0.4, -0.2) is 50.2 Å². The highest BCUT2D eigenvalue weighted by Crippen LogP contribution is 2.25. The molecule has 31 heavy (non-hydrogen) atoms. The van der Waals surface area contributed by atoms with Crippen LogP contribution in [0.3, 0.4) is 0 Å². The molecule has 1 saturated heterocycles. The third-order valence-corrected chi connectivity index (χ3v) is 5.67. The van der Waals surface area contributed by atoms with Crippen LogP contribution in [0.4, 0.5) is 0 Å². The summed E-state index contributed by atoms with van der Waals surface area (Å²) in [6, 6.07) is 15.4. The number of rotatable bonds is 5. The molecule has 4 rings (SSSR count). The van der Waals surface area contributed by atoms with Crippen LogP contribution in [-0.2, 0) is 22.4 Å². The number of fused-ring (bicyclic) bond motifs is 1. The zero-order valence-corrected chi connectivity index (χ0v) is 17.3. The Bertz CT molecular complexity index is 989. The number of nitrogens with zero attached hydrogens (tertiary/aromatic N) is 1. The molecule has 2 amide bonds. The van der Waals surface area contributed by atoms with Crippen molar-refractivity contribution in [3.05, 3.63) is 59.2 Å². The number of hydrogen-bond donors (Lipinski definition) is 3. The van der Waals surface area contributed by atoms with Crippen molar-refractivity contribution in [2.75, 3.05) is 26.2 Å². The molecule has 2 heterocycles. The van der Waals surface area contributed by atoms with E-state index in [0.29, 0.717) is 26.1 Å². The van der Waals surface area contributed by atoms with Gasteiger partial charge in [-0.3, -0.25) is 9.59 Å². The van der Waals surface area contributed by atoms with Gasteiger partial charge in [-0.05, 0) is 47.7 Å². The van der Waals surface area contributed by atoms with E-state index in [4.69, 9.17) is 4.74 Å². The lowest BCUT2D eigenvalue weighted by Gasteiger charge is -2.18. The van der Waals surface area contributed by atoms with Gasteiger partial charge in [0.15, 0.2) is 0 Å². The fourth-order valence-electron chi connectivity index (χ4n) is 3.95. The lowest BCUT2D eigenvalue weighted by molar-refractivity contribution is -0.132. The first-order valence-electron chi connectivity index (χ1n) is 10.7. The number of carbonyl (C=O) groups excluding carboxylic acids is 2. The number of amides is 2. The third kappa shape index (κ3) is 5.10. The van der Waals surface area contributed by atoms with Crippen molar-refractivity contribution in [3.63, 3.8) is 0 Å². The second-order valence-electron chi connectivity index (χ2n) is 7.89. The van der Waals surface area contributed by atoms with Crippen molar-refractivity contribution < 1.29 is 14.3 Å². The van der Waals surface area contributed by atoms with Crippen molar-refractivity contribution >= 4 is 11.8 Å². The van der Waals surface area contributed by atoms with Crippen LogP contribution in [0.1, 0.15) is 27.9 Å². The Morgan fingerprint density at radius 3 is 2.81 bits per heavy atom. The highest BCUT2D eigenvalue weighted by Gasteiger charge is 2.23. The van der Waals surface area contributed by atoms with E-state index < -0.39 is 12.1 Å². The van der Waals surface area contributed by atoms with Crippen molar-refractivity contribution in [2.45, 2.75) is 31.4 Å². The smallest absolute Gasteiger partial charge is 0.251 e. The Kier molecular flexibility index (Phi) is 6.60. The van der Waals surface area contributed by atoms with Crippen molar-refractivity contribution in [1.82, 2.24) is 16.0 Å². The number of benzene rings is 2. The van der Waals surface area contributed by atoms with Crippen LogP contribution < -0.4 is 16.0 Å². The fourth-order valence-corrected chi connectivity index (χ4v) is 3.95. The molecule has 0 radical (unpaired) electrons. The lowest BCUT2D eigenvalue weighted by Crippen LogP contribution is -2.46. The van der Waals surface area contributed by atoms with E-state index in [1.807, 2.05) is 36.4 Å². The standard InChI is InChI=1S/C24H26N4O3/c25-14-20(28-24(30)22-15-26-9-1-11-31-22)12-16-2-4-17(5-3-16)18-6-7-21-19(13-18)8-10-27-23(21)29/h2-7,13,20,22,26H,1,8-12,15H2,(H,27,29)(H,28,30)/t20-,22-/m0/s1. The molecular formula is C24H26N4O3. The predicted molar refractivity (Wildman–Crippen MR) is 116 cm³/mol. The second-order valence-corrected chi connectivity index (χ2v) is 7.89. The first kappa shape index (κ1) is 21.0.